The number of amides is 1. The number of benzene rings is 1. The fraction of sp³-hybridized carbons (Fsp3) is 0.533. The number of hydrogen-bond acceptors (Lipinski definition) is 3. The van der Waals surface area contributed by atoms with Crippen LogP contribution in [-0.2, 0) is 0 Å². The van der Waals surface area contributed by atoms with Crippen LogP contribution >= 0.6 is 0 Å². The number of likely N-dealkylation sites (tertiary alicyclic amines) is 1. The minimum absolute atomic E-state index is 0.139. The zero-order valence-corrected chi connectivity index (χ0v) is 11.9. The first-order chi connectivity index (χ1) is 9.04. The van der Waals surface area contributed by atoms with Gasteiger partial charge in [0.05, 0.1) is 0 Å². The third kappa shape index (κ3) is 2.73. The smallest absolute Gasteiger partial charge is 0.254 e. The number of rotatable bonds is 2. The SMILES string of the molecule is Cc1cc(NN)ccc1C(=O)N1CCCC(C)C1C. The molecular formula is C15H23N3O. The molecule has 0 bridgehead atoms. The normalized spacial score (nSPS) is 23.3. The molecule has 1 saturated heterocycles. The topological polar surface area (TPSA) is 58.4 Å². The molecule has 0 radical (unpaired) electrons. The van der Waals surface area contributed by atoms with Gasteiger partial charge in [0.15, 0.2) is 0 Å². The molecule has 3 N–H and O–H groups in total. The van der Waals surface area contributed by atoms with Gasteiger partial charge in [-0.25, -0.2) is 0 Å². The van der Waals surface area contributed by atoms with Crippen molar-refractivity contribution in [1.29, 1.82) is 0 Å². The Balaban J connectivity index is 2.24. The molecule has 0 aromatic heterocycles. The molecule has 1 amide bonds. The van der Waals surface area contributed by atoms with Crippen molar-refractivity contribution >= 4 is 11.6 Å². The number of piperidine rings is 1. The van der Waals surface area contributed by atoms with Crippen LogP contribution in [0.2, 0.25) is 0 Å². The van der Waals surface area contributed by atoms with Gasteiger partial charge in [0.1, 0.15) is 0 Å². The number of carbonyl (C=O) groups excluding carboxylic acids is 1. The van der Waals surface area contributed by atoms with Crippen LogP contribution in [0.15, 0.2) is 18.2 Å². The number of hydrazine groups is 1. The summed E-state index contributed by atoms with van der Waals surface area (Å²) < 4.78 is 0. The van der Waals surface area contributed by atoms with E-state index in [1.165, 1.54) is 6.42 Å². The van der Waals surface area contributed by atoms with Gasteiger partial charge in [0.25, 0.3) is 5.91 Å². The Labute approximate surface area is 114 Å². The summed E-state index contributed by atoms with van der Waals surface area (Å²) in [6.07, 6.45) is 2.30. The number of carbonyl (C=O) groups is 1. The zero-order valence-electron chi connectivity index (χ0n) is 11.9. The van der Waals surface area contributed by atoms with E-state index in [-0.39, 0.29) is 5.91 Å². The van der Waals surface area contributed by atoms with E-state index in [9.17, 15) is 4.79 Å². The van der Waals surface area contributed by atoms with Gasteiger partial charge in [-0.1, -0.05) is 6.92 Å². The van der Waals surface area contributed by atoms with Crippen LogP contribution in [0.5, 0.6) is 0 Å². The molecule has 104 valence electrons. The molecular weight excluding hydrogens is 238 g/mol. The lowest BCUT2D eigenvalue weighted by Gasteiger charge is -2.38. The van der Waals surface area contributed by atoms with Crippen molar-refractivity contribution in [2.45, 2.75) is 39.7 Å². The van der Waals surface area contributed by atoms with Gasteiger partial charge in [-0.15, -0.1) is 0 Å². The monoisotopic (exact) mass is 261 g/mol. The molecule has 1 heterocycles. The highest BCUT2D eigenvalue weighted by Crippen LogP contribution is 2.25. The Hall–Kier alpha value is -1.55. The van der Waals surface area contributed by atoms with Crippen LogP contribution in [0.25, 0.3) is 0 Å². The molecule has 1 aliphatic heterocycles. The maximum absolute atomic E-state index is 12.7. The summed E-state index contributed by atoms with van der Waals surface area (Å²) in [7, 11) is 0. The number of hydrogen-bond donors (Lipinski definition) is 2. The van der Waals surface area contributed by atoms with E-state index < -0.39 is 0 Å². The fourth-order valence-electron chi connectivity index (χ4n) is 2.77. The van der Waals surface area contributed by atoms with Crippen molar-refractivity contribution in [3.8, 4) is 0 Å². The van der Waals surface area contributed by atoms with Crippen molar-refractivity contribution in [2.24, 2.45) is 11.8 Å². The fourth-order valence-corrected chi connectivity index (χ4v) is 2.77. The maximum Gasteiger partial charge on any atom is 0.254 e. The second-order valence-electron chi connectivity index (χ2n) is 5.53. The largest absolute Gasteiger partial charge is 0.336 e. The van der Waals surface area contributed by atoms with Crippen molar-refractivity contribution in [1.82, 2.24) is 4.90 Å². The number of anilines is 1. The first-order valence-corrected chi connectivity index (χ1v) is 6.93. The van der Waals surface area contributed by atoms with Crippen LogP contribution < -0.4 is 11.3 Å². The van der Waals surface area contributed by atoms with Gasteiger partial charge in [-0.2, -0.15) is 0 Å². The zero-order chi connectivity index (χ0) is 14.0. The summed E-state index contributed by atoms with van der Waals surface area (Å²) in [5, 5.41) is 0. The van der Waals surface area contributed by atoms with Crippen molar-refractivity contribution in [3.05, 3.63) is 29.3 Å². The average molecular weight is 261 g/mol. The highest BCUT2D eigenvalue weighted by atomic mass is 16.2. The van der Waals surface area contributed by atoms with Crippen LogP contribution in [0.1, 0.15) is 42.6 Å². The standard InChI is InChI=1S/C15H23N3O/c1-10-5-4-8-18(12(10)3)15(19)14-7-6-13(17-16)9-11(14)2/h6-7,9-10,12,17H,4-5,8,16H2,1-3H3. The van der Waals surface area contributed by atoms with E-state index in [0.29, 0.717) is 12.0 Å². The molecule has 1 aromatic rings. The second-order valence-corrected chi connectivity index (χ2v) is 5.53. The lowest BCUT2D eigenvalue weighted by molar-refractivity contribution is 0.0550. The Morgan fingerprint density at radius 2 is 2.16 bits per heavy atom. The maximum atomic E-state index is 12.7. The van der Waals surface area contributed by atoms with E-state index in [4.69, 9.17) is 5.84 Å². The number of nitrogen functional groups attached to an aromatic ring is 1. The summed E-state index contributed by atoms with van der Waals surface area (Å²) in [5.74, 6) is 6.09. The highest BCUT2D eigenvalue weighted by molar-refractivity contribution is 5.96. The van der Waals surface area contributed by atoms with Crippen molar-refractivity contribution in [2.75, 3.05) is 12.0 Å². The summed E-state index contributed by atoms with van der Waals surface area (Å²) in [6.45, 7) is 7.18. The van der Waals surface area contributed by atoms with E-state index in [2.05, 4.69) is 19.3 Å². The quantitative estimate of drug-likeness (QED) is 0.635. The van der Waals surface area contributed by atoms with E-state index in [0.717, 1.165) is 29.8 Å². The minimum Gasteiger partial charge on any atom is -0.336 e. The van der Waals surface area contributed by atoms with Crippen LogP contribution in [0, 0.1) is 12.8 Å². The molecule has 4 heteroatoms. The first kappa shape index (κ1) is 13.9. The average Bonchev–Trinajstić information content (AvgIpc) is 2.41. The molecule has 1 aliphatic rings. The van der Waals surface area contributed by atoms with Gasteiger partial charge in [0, 0.05) is 23.8 Å². The summed E-state index contributed by atoms with van der Waals surface area (Å²) in [5.41, 5.74) is 5.17. The van der Waals surface area contributed by atoms with Gasteiger partial charge in [-0.3, -0.25) is 10.6 Å². The Morgan fingerprint density at radius 3 is 2.79 bits per heavy atom. The van der Waals surface area contributed by atoms with Gasteiger partial charge >= 0.3 is 0 Å². The van der Waals surface area contributed by atoms with Crippen molar-refractivity contribution < 1.29 is 4.79 Å². The minimum atomic E-state index is 0.139. The lowest BCUT2D eigenvalue weighted by Crippen LogP contribution is -2.46. The van der Waals surface area contributed by atoms with Crippen LogP contribution in [-0.4, -0.2) is 23.4 Å². The first-order valence-electron chi connectivity index (χ1n) is 6.93. The Bertz CT molecular complexity index is 472. The van der Waals surface area contributed by atoms with Gasteiger partial charge < -0.3 is 10.3 Å². The molecule has 2 atom stereocenters. The second kappa shape index (κ2) is 5.61. The molecule has 4 nitrogen and oxygen atoms in total. The number of aryl methyl sites for hydroxylation is 1. The third-order valence-electron chi connectivity index (χ3n) is 4.26. The predicted molar refractivity (Wildman–Crippen MR) is 77.9 cm³/mol. The van der Waals surface area contributed by atoms with E-state index in [1.54, 1.807) is 0 Å². The number of nitrogens with one attached hydrogen (secondary N) is 1. The molecule has 1 fully saturated rings. The Kier molecular flexibility index (Phi) is 4.10. The van der Waals surface area contributed by atoms with Gasteiger partial charge in [-0.05, 0) is 56.4 Å². The van der Waals surface area contributed by atoms with Gasteiger partial charge in [0.2, 0.25) is 0 Å². The molecule has 0 aliphatic carbocycles. The van der Waals surface area contributed by atoms with Crippen LogP contribution in [0.3, 0.4) is 0 Å². The van der Waals surface area contributed by atoms with E-state index in [1.807, 2.05) is 30.0 Å². The predicted octanol–water partition coefficient (Wildman–Crippen LogP) is 2.54. The molecule has 1 aromatic carbocycles. The molecule has 0 saturated carbocycles. The molecule has 19 heavy (non-hydrogen) atoms. The summed E-state index contributed by atoms with van der Waals surface area (Å²) in [6, 6.07) is 5.93. The summed E-state index contributed by atoms with van der Waals surface area (Å²) in [4.78, 5) is 14.7. The molecule has 2 unspecified atom stereocenters. The number of nitrogens with two attached hydrogens (primary N) is 1. The molecule has 2 rings (SSSR count). The molecule has 0 spiro atoms. The van der Waals surface area contributed by atoms with Crippen LogP contribution in [0.4, 0.5) is 5.69 Å². The Morgan fingerprint density at radius 1 is 1.42 bits per heavy atom. The third-order valence-corrected chi connectivity index (χ3v) is 4.26. The summed E-state index contributed by atoms with van der Waals surface area (Å²) >= 11 is 0. The lowest BCUT2D eigenvalue weighted by atomic mass is 9.91. The van der Waals surface area contributed by atoms with Crippen molar-refractivity contribution in [3.63, 3.8) is 0 Å². The van der Waals surface area contributed by atoms with E-state index >= 15 is 0 Å². The number of nitrogens with zero attached hydrogens (tertiary/aromatic N) is 1. The highest BCUT2D eigenvalue weighted by Gasteiger charge is 2.29.